The minimum Gasteiger partial charge on any atom is -0.309 e. The van der Waals surface area contributed by atoms with E-state index in [-0.39, 0.29) is 6.04 Å². The highest BCUT2D eigenvalue weighted by molar-refractivity contribution is 7.89. The van der Waals surface area contributed by atoms with Crippen molar-refractivity contribution in [2.45, 2.75) is 69.5 Å². The first-order valence-corrected chi connectivity index (χ1v) is 10.1. The van der Waals surface area contributed by atoms with E-state index in [1.54, 1.807) is 11.3 Å². The van der Waals surface area contributed by atoms with E-state index in [9.17, 15) is 8.42 Å². The smallest absolute Gasteiger partial charge is 0.241 e. The zero-order valence-electron chi connectivity index (χ0n) is 12.7. The summed E-state index contributed by atoms with van der Waals surface area (Å²) >= 11 is 1.59. The largest absolute Gasteiger partial charge is 0.309 e. The molecule has 21 heavy (non-hydrogen) atoms. The Kier molecular flexibility index (Phi) is 4.41. The van der Waals surface area contributed by atoms with Crippen LogP contribution in [0.1, 0.15) is 48.8 Å². The van der Waals surface area contributed by atoms with Crippen LogP contribution in [0.4, 0.5) is 0 Å². The molecule has 0 aromatic carbocycles. The summed E-state index contributed by atoms with van der Waals surface area (Å²) in [6.45, 7) is 4.83. The second kappa shape index (κ2) is 5.99. The van der Waals surface area contributed by atoms with Gasteiger partial charge in [-0.1, -0.05) is 13.3 Å². The summed E-state index contributed by atoms with van der Waals surface area (Å²) in [6, 6.07) is 2.64. The zero-order chi connectivity index (χ0) is 15.0. The van der Waals surface area contributed by atoms with Crippen LogP contribution in [-0.2, 0) is 16.6 Å². The lowest BCUT2D eigenvalue weighted by molar-refractivity contribution is 0.573. The van der Waals surface area contributed by atoms with Gasteiger partial charge in [-0.25, -0.2) is 13.1 Å². The summed E-state index contributed by atoms with van der Waals surface area (Å²) in [5.41, 5.74) is 0. The minimum atomic E-state index is -3.35. The van der Waals surface area contributed by atoms with Crippen LogP contribution in [-0.4, -0.2) is 20.5 Å². The normalized spacial score (nSPS) is 25.2. The molecule has 2 aliphatic carbocycles. The third-order valence-electron chi connectivity index (χ3n) is 4.24. The van der Waals surface area contributed by atoms with E-state index in [0.717, 1.165) is 35.6 Å². The maximum Gasteiger partial charge on any atom is 0.241 e. The van der Waals surface area contributed by atoms with Crippen LogP contribution in [0, 0.1) is 12.8 Å². The van der Waals surface area contributed by atoms with Crippen molar-refractivity contribution in [3.05, 3.63) is 15.8 Å². The van der Waals surface area contributed by atoms with Crippen molar-refractivity contribution >= 4 is 21.4 Å². The van der Waals surface area contributed by atoms with Crippen LogP contribution in [0.5, 0.6) is 0 Å². The average molecular weight is 329 g/mol. The van der Waals surface area contributed by atoms with Gasteiger partial charge in [-0.05, 0) is 44.6 Å². The Bertz CT molecular complexity index is 605. The van der Waals surface area contributed by atoms with E-state index in [1.165, 1.54) is 12.8 Å². The third kappa shape index (κ3) is 3.86. The van der Waals surface area contributed by atoms with Crippen molar-refractivity contribution in [2.75, 3.05) is 0 Å². The number of aryl methyl sites for hydroxylation is 1. The monoisotopic (exact) mass is 328 g/mol. The predicted octanol–water partition coefficient (Wildman–Crippen LogP) is 2.78. The first kappa shape index (κ1) is 15.5. The predicted molar refractivity (Wildman–Crippen MR) is 86.0 cm³/mol. The average Bonchev–Trinajstić information content (AvgIpc) is 3.31. The molecule has 4 nitrogen and oxygen atoms in total. The molecule has 1 aromatic heterocycles. The molecule has 3 rings (SSSR count). The Balaban J connectivity index is 1.64. The van der Waals surface area contributed by atoms with E-state index < -0.39 is 10.0 Å². The summed E-state index contributed by atoms with van der Waals surface area (Å²) in [7, 11) is -3.35. The van der Waals surface area contributed by atoms with E-state index >= 15 is 0 Å². The lowest BCUT2D eigenvalue weighted by Crippen LogP contribution is -2.27. The van der Waals surface area contributed by atoms with E-state index in [1.807, 2.05) is 13.0 Å². The molecule has 0 bridgehead atoms. The standard InChI is InChI=1S/C15H24N2O2S2/c1-3-4-11-7-14(11)17-21(18,19)15-8-13(20-10(15)2)9-16-12-5-6-12/h8,11-12,14,16-17H,3-7,9H2,1-2H3. The van der Waals surface area contributed by atoms with Crippen molar-refractivity contribution in [2.24, 2.45) is 5.92 Å². The quantitative estimate of drug-likeness (QED) is 0.771. The fourth-order valence-electron chi connectivity index (χ4n) is 2.76. The Hall–Kier alpha value is -0.430. The molecule has 6 heteroatoms. The molecule has 0 aliphatic heterocycles. The molecule has 0 spiro atoms. The molecular weight excluding hydrogens is 304 g/mol. The molecule has 1 heterocycles. The molecule has 2 saturated carbocycles. The first-order chi connectivity index (χ1) is 9.99. The third-order valence-corrected chi connectivity index (χ3v) is 7.04. The van der Waals surface area contributed by atoms with Gasteiger partial charge in [0.05, 0.1) is 4.90 Å². The van der Waals surface area contributed by atoms with Crippen molar-refractivity contribution < 1.29 is 8.42 Å². The SMILES string of the molecule is CCCC1CC1NS(=O)(=O)c1cc(CNC2CC2)sc1C. The summed E-state index contributed by atoms with van der Waals surface area (Å²) in [6.07, 6.45) is 5.73. The summed E-state index contributed by atoms with van der Waals surface area (Å²) < 4.78 is 27.9. The van der Waals surface area contributed by atoms with Gasteiger partial charge >= 0.3 is 0 Å². The highest BCUT2D eigenvalue weighted by Gasteiger charge is 2.39. The Morgan fingerprint density at radius 3 is 2.81 bits per heavy atom. The second-order valence-corrected chi connectivity index (χ2v) is 9.32. The number of nitrogens with one attached hydrogen (secondary N) is 2. The number of hydrogen-bond donors (Lipinski definition) is 2. The molecule has 2 fully saturated rings. The van der Waals surface area contributed by atoms with Crippen LogP contribution >= 0.6 is 11.3 Å². The van der Waals surface area contributed by atoms with Gasteiger partial charge in [0, 0.05) is 28.4 Å². The molecule has 2 unspecified atom stereocenters. The second-order valence-electron chi connectivity index (χ2n) is 6.30. The van der Waals surface area contributed by atoms with Crippen LogP contribution in [0.3, 0.4) is 0 Å². The van der Waals surface area contributed by atoms with Crippen LogP contribution in [0.25, 0.3) is 0 Å². The molecular formula is C15H24N2O2S2. The molecule has 118 valence electrons. The molecule has 2 N–H and O–H groups in total. The van der Waals surface area contributed by atoms with Gasteiger partial charge in [0.15, 0.2) is 0 Å². The van der Waals surface area contributed by atoms with Crippen LogP contribution in [0.2, 0.25) is 0 Å². The highest BCUT2D eigenvalue weighted by atomic mass is 32.2. The maximum absolute atomic E-state index is 12.5. The van der Waals surface area contributed by atoms with Crippen LogP contribution in [0.15, 0.2) is 11.0 Å². The highest BCUT2D eigenvalue weighted by Crippen LogP contribution is 2.36. The van der Waals surface area contributed by atoms with Gasteiger partial charge < -0.3 is 5.32 Å². The summed E-state index contributed by atoms with van der Waals surface area (Å²) in [5.74, 6) is 0.541. The van der Waals surface area contributed by atoms with Crippen molar-refractivity contribution in [3.8, 4) is 0 Å². The van der Waals surface area contributed by atoms with E-state index in [2.05, 4.69) is 17.0 Å². The Labute approximate surface area is 131 Å². The minimum absolute atomic E-state index is 0.155. The lowest BCUT2D eigenvalue weighted by atomic mass is 10.2. The Morgan fingerprint density at radius 1 is 1.38 bits per heavy atom. The lowest BCUT2D eigenvalue weighted by Gasteiger charge is -2.05. The van der Waals surface area contributed by atoms with Gasteiger partial charge in [0.1, 0.15) is 0 Å². The fourth-order valence-corrected chi connectivity index (χ4v) is 5.66. The van der Waals surface area contributed by atoms with Crippen LogP contribution < -0.4 is 10.0 Å². The van der Waals surface area contributed by atoms with Gasteiger partial charge in [0.25, 0.3) is 0 Å². The first-order valence-electron chi connectivity index (χ1n) is 7.84. The van der Waals surface area contributed by atoms with Gasteiger partial charge in [-0.3, -0.25) is 0 Å². The van der Waals surface area contributed by atoms with E-state index in [0.29, 0.717) is 16.9 Å². The maximum atomic E-state index is 12.5. The molecule has 1 aromatic rings. The van der Waals surface area contributed by atoms with Crippen molar-refractivity contribution in [1.82, 2.24) is 10.0 Å². The van der Waals surface area contributed by atoms with Gasteiger partial charge in [-0.2, -0.15) is 0 Å². The zero-order valence-corrected chi connectivity index (χ0v) is 14.3. The Morgan fingerprint density at radius 2 is 2.14 bits per heavy atom. The number of rotatable bonds is 8. The fraction of sp³-hybridized carbons (Fsp3) is 0.733. The number of sulfonamides is 1. The van der Waals surface area contributed by atoms with Crippen molar-refractivity contribution in [1.29, 1.82) is 0 Å². The van der Waals surface area contributed by atoms with Crippen molar-refractivity contribution in [3.63, 3.8) is 0 Å². The molecule has 0 amide bonds. The number of thiophene rings is 1. The summed E-state index contributed by atoms with van der Waals surface area (Å²) in [4.78, 5) is 2.48. The van der Waals surface area contributed by atoms with Gasteiger partial charge in [0.2, 0.25) is 10.0 Å². The number of hydrogen-bond acceptors (Lipinski definition) is 4. The van der Waals surface area contributed by atoms with E-state index in [4.69, 9.17) is 0 Å². The molecule has 0 saturated heterocycles. The molecule has 2 atom stereocenters. The molecule has 2 aliphatic rings. The van der Waals surface area contributed by atoms with Gasteiger partial charge in [-0.15, -0.1) is 11.3 Å². The summed E-state index contributed by atoms with van der Waals surface area (Å²) in [5, 5.41) is 3.44. The topological polar surface area (TPSA) is 58.2 Å². The molecule has 0 radical (unpaired) electrons.